The molecule has 4 nitrogen and oxygen atoms in total. The summed E-state index contributed by atoms with van der Waals surface area (Å²) in [6.45, 7) is 1.40. The molecule has 0 fully saturated rings. The lowest BCUT2D eigenvalue weighted by molar-refractivity contribution is -0.137. The molecule has 2 aromatic rings. The molecule has 7 heteroatoms. The molecule has 27 heavy (non-hydrogen) atoms. The molecule has 0 aliphatic carbocycles. The number of carbonyl (C=O) groups is 2. The van der Waals surface area contributed by atoms with Crippen molar-refractivity contribution in [3.05, 3.63) is 71.4 Å². The number of nitrogens with one attached hydrogen (secondary N) is 1. The van der Waals surface area contributed by atoms with Crippen LogP contribution in [0, 0.1) is 0 Å². The van der Waals surface area contributed by atoms with Crippen LogP contribution < -0.4 is 5.32 Å². The van der Waals surface area contributed by atoms with Gasteiger partial charge in [0.2, 0.25) is 11.8 Å². The highest BCUT2D eigenvalue weighted by molar-refractivity contribution is 5.92. The molecule has 2 aromatic carbocycles. The second-order valence-electron chi connectivity index (χ2n) is 6.22. The number of nitrogens with zero attached hydrogens (tertiary/aromatic N) is 1. The first-order valence-electron chi connectivity index (χ1n) is 8.29. The Labute approximate surface area is 154 Å². The van der Waals surface area contributed by atoms with Crippen LogP contribution in [-0.4, -0.2) is 16.7 Å². The lowest BCUT2D eigenvalue weighted by Crippen LogP contribution is -2.33. The Kier molecular flexibility index (Phi) is 5.03. The van der Waals surface area contributed by atoms with E-state index in [4.69, 9.17) is 0 Å². The maximum absolute atomic E-state index is 12.8. The maximum Gasteiger partial charge on any atom is 0.416 e. The van der Waals surface area contributed by atoms with Gasteiger partial charge in [-0.25, -0.2) is 0 Å². The van der Waals surface area contributed by atoms with E-state index in [0.717, 1.165) is 23.3 Å². The molecule has 1 heterocycles. The minimum absolute atomic E-state index is 0.0591. The van der Waals surface area contributed by atoms with E-state index in [-0.39, 0.29) is 18.0 Å². The second-order valence-corrected chi connectivity index (χ2v) is 6.22. The van der Waals surface area contributed by atoms with Gasteiger partial charge in [0.15, 0.2) is 0 Å². The van der Waals surface area contributed by atoms with Gasteiger partial charge in [-0.2, -0.15) is 13.2 Å². The first-order chi connectivity index (χ1) is 12.8. The monoisotopic (exact) mass is 374 g/mol. The molecule has 2 amide bonds. The van der Waals surface area contributed by atoms with Gasteiger partial charge in [-0.05, 0) is 35.4 Å². The topological polar surface area (TPSA) is 49.4 Å². The largest absolute Gasteiger partial charge is 0.416 e. The first-order valence-corrected chi connectivity index (χ1v) is 8.29. The zero-order valence-electron chi connectivity index (χ0n) is 14.5. The maximum atomic E-state index is 12.8. The van der Waals surface area contributed by atoms with E-state index in [2.05, 4.69) is 5.32 Å². The van der Waals surface area contributed by atoms with Crippen molar-refractivity contribution < 1.29 is 22.8 Å². The van der Waals surface area contributed by atoms with Crippen molar-refractivity contribution >= 4 is 23.6 Å². The molecule has 0 spiro atoms. The fourth-order valence-electron chi connectivity index (χ4n) is 3.07. The van der Waals surface area contributed by atoms with E-state index in [1.165, 1.54) is 24.0 Å². The average molecular weight is 374 g/mol. The predicted molar refractivity (Wildman–Crippen MR) is 95.4 cm³/mol. The molecule has 1 atom stereocenters. The molecule has 0 unspecified atom stereocenters. The van der Waals surface area contributed by atoms with Crippen molar-refractivity contribution in [1.29, 1.82) is 0 Å². The molecule has 140 valence electrons. The van der Waals surface area contributed by atoms with Gasteiger partial charge in [-0.15, -0.1) is 0 Å². The lowest BCUT2D eigenvalue weighted by Gasteiger charge is -2.32. The van der Waals surface area contributed by atoms with Gasteiger partial charge >= 0.3 is 6.18 Å². The Balaban J connectivity index is 1.80. The molecular weight excluding hydrogens is 357 g/mol. The van der Waals surface area contributed by atoms with Crippen LogP contribution in [0.2, 0.25) is 0 Å². The summed E-state index contributed by atoms with van der Waals surface area (Å²) < 4.78 is 38.5. The van der Waals surface area contributed by atoms with Crippen LogP contribution in [0.25, 0.3) is 6.08 Å². The minimum Gasteiger partial charge on any atom is -0.326 e. The molecule has 0 bridgehead atoms. The third kappa shape index (κ3) is 4.19. The van der Waals surface area contributed by atoms with E-state index in [9.17, 15) is 22.8 Å². The summed E-state index contributed by atoms with van der Waals surface area (Å²) in [7, 11) is 0. The smallest absolute Gasteiger partial charge is 0.326 e. The molecule has 0 radical (unpaired) electrons. The van der Waals surface area contributed by atoms with E-state index in [0.29, 0.717) is 0 Å². The Morgan fingerprint density at radius 1 is 1.11 bits per heavy atom. The second kappa shape index (κ2) is 7.26. The summed E-state index contributed by atoms with van der Waals surface area (Å²) in [6, 6.07) is 11.3. The highest BCUT2D eigenvalue weighted by Crippen LogP contribution is 2.34. The number of hydrogen-bond acceptors (Lipinski definition) is 2. The Hall–Kier alpha value is -3.09. The average Bonchev–Trinajstić information content (AvgIpc) is 2.61. The number of alkyl halides is 3. The van der Waals surface area contributed by atoms with Crippen LogP contribution in [-0.2, 0) is 15.8 Å². The van der Waals surface area contributed by atoms with E-state index in [1.807, 2.05) is 24.3 Å². The zero-order chi connectivity index (χ0) is 19.6. The molecule has 1 N–H and O–H groups in total. The predicted octanol–water partition coefficient (Wildman–Crippen LogP) is 4.61. The van der Waals surface area contributed by atoms with Gasteiger partial charge in [0.25, 0.3) is 0 Å². The van der Waals surface area contributed by atoms with Gasteiger partial charge in [0, 0.05) is 18.8 Å². The summed E-state index contributed by atoms with van der Waals surface area (Å²) >= 11 is 0. The molecule has 1 aliphatic rings. The van der Waals surface area contributed by atoms with Crippen molar-refractivity contribution in [1.82, 2.24) is 4.90 Å². The summed E-state index contributed by atoms with van der Waals surface area (Å²) in [5.74, 6) is -0.701. The van der Waals surface area contributed by atoms with E-state index < -0.39 is 23.7 Å². The minimum atomic E-state index is -4.49. The molecule has 1 aliphatic heterocycles. The normalized spacial score (nSPS) is 16.0. The lowest BCUT2D eigenvalue weighted by atomic mass is 9.93. The molecular formula is C20H17F3N2O2. The van der Waals surface area contributed by atoms with Gasteiger partial charge in [-0.1, -0.05) is 30.3 Å². The summed E-state index contributed by atoms with van der Waals surface area (Å²) in [5, 5.41) is 2.49. The number of benzene rings is 2. The van der Waals surface area contributed by atoms with Crippen LogP contribution in [0.15, 0.2) is 54.7 Å². The van der Waals surface area contributed by atoms with Gasteiger partial charge < -0.3 is 10.2 Å². The van der Waals surface area contributed by atoms with Crippen molar-refractivity contribution in [2.75, 3.05) is 5.32 Å². The van der Waals surface area contributed by atoms with Crippen LogP contribution in [0.4, 0.5) is 18.9 Å². The quantitative estimate of drug-likeness (QED) is 0.853. The Bertz CT molecular complexity index is 906. The van der Waals surface area contributed by atoms with Crippen LogP contribution in [0.3, 0.4) is 0 Å². The number of carbonyl (C=O) groups excluding carboxylic acids is 2. The summed E-state index contributed by atoms with van der Waals surface area (Å²) in [5.41, 5.74) is 0.932. The van der Waals surface area contributed by atoms with Gasteiger partial charge in [0.1, 0.15) is 0 Å². The number of hydrogen-bond donors (Lipinski definition) is 1. The molecule has 3 rings (SSSR count). The number of anilines is 1. The van der Waals surface area contributed by atoms with Gasteiger partial charge in [0.05, 0.1) is 18.0 Å². The standard InChI is InChI=1S/C20H17F3N2O2/c1-13(26)25-10-9-14-5-2-3-8-17(14)18(25)12-19(27)24-16-7-4-6-15(11-16)20(21,22)23/h2-11,18H,12H2,1H3,(H,24,27)/t18-/m0/s1. The Morgan fingerprint density at radius 2 is 1.85 bits per heavy atom. The first kappa shape index (κ1) is 18.7. The van der Waals surface area contributed by atoms with Crippen LogP contribution in [0.5, 0.6) is 0 Å². The molecule has 0 saturated carbocycles. The van der Waals surface area contributed by atoms with Gasteiger partial charge in [-0.3, -0.25) is 9.59 Å². The number of rotatable bonds is 3. The molecule has 0 saturated heterocycles. The Morgan fingerprint density at radius 3 is 2.56 bits per heavy atom. The number of halogens is 3. The third-order valence-electron chi connectivity index (χ3n) is 4.32. The summed E-state index contributed by atoms with van der Waals surface area (Å²) in [4.78, 5) is 25.8. The summed E-state index contributed by atoms with van der Waals surface area (Å²) in [6.07, 6.45) is -1.15. The number of fused-ring (bicyclic) bond motifs is 1. The van der Waals surface area contributed by atoms with Crippen molar-refractivity contribution in [2.45, 2.75) is 25.6 Å². The van der Waals surface area contributed by atoms with E-state index >= 15 is 0 Å². The highest BCUT2D eigenvalue weighted by atomic mass is 19.4. The number of amides is 2. The third-order valence-corrected chi connectivity index (χ3v) is 4.32. The van der Waals surface area contributed by atoms with Crippen molar-refractivity contribution in [2.24, 2.45) is 0 Å². The zero-order valence-corrected chi connectivity index (χ0v) is 14.5. The molecule has 0 aromatic heterocycles. The fraction of sp³-hybridized carbons (Fsp3) is 0.200. The fourth-order valence-corrected chi connectivity index (χ4v) is 3.07. The van der Waals surface area contributed by atoms with Crippen molar-refractivity contribution in [3.63, 3.8) is 0 Å². The van der Waals surface area contributed by atoms with Crippen LogP contribution in [0.1, 0.15) is 36.1 Å². The SMILES string of the molecule is CC(=O)N1C=Cc2ccccc2[C@@H]1CC(=O)Nc1cccc(C(F)(F)F)c1. The van der Waals surface area contributed by atoms with E-state index in [1.54, 1.807) is 12.3 Å². The van der Waals surface area contributed by atoms with Crippen molar-refractivity contribution in [3.8, 4) is 0 Å². The van der Waals surface area contributed by atoms with Crippen LogP contribution >= 0.6 is 0 Å². The highest BCUT2D eigenvalue weighted by Gasteiger charge is 2.31.